The molecule has 2 aliphatic rings. The van der Waals surface area contributed by atoms with Gasteiger partial charge in [-0.15, -0.1) is 0 Å². The lowest BCUT2D eigenvalue weighted by Crippen LogP contribution is -2.29. The highest BCUT2D eigenvalue weighted by Gasteiger charge is 2.47. The standard InChI is InChI=1S/C28H27N3O4/c1-29(2)20-10-12-21(13-11-20)31-25(18-7-5-4-6-8-18)24(27(33)28(31)34)26(32)19-9-14-23-22(17-19)30(3)15-16-35-23/h4-14,17,25,32H,15-16H2,1-3H3/b26-24-. The normalized spacial score (nSPS) is 18.9. The van der Waals surface area contributed by atoms with Crippen LogP contribution in [-0.4, -0.2) is 51.1 Å². The van der Waals surface area contributed by atoms with Crippen LogP contribution in [0, 0.1) is 0 Å². The molecule has 3 aromatic rings. The first-order valence-corrected chi connectivity index (χ1v) is 11.5. The van der Waals surface area contributed by atoms with E-state index in [0.29, 0.717) is 24.4 Å². The number of aliphatic hydroxyl groups excluding tert-OH is 1. The molecular formula is C28H27N3O4. The quantitative estimate of drug-likeness (QED) is 0.351. The molecule has 0 aliphatic carbocycles. The number of benzene rings is 3. The van der Waals surface area contributed by atoms with E-state index in [1.807, 2.05) is 85.5 Å². The lowest BCUT2D eigenvalue weighted by Gasteiger charge is -2.28. The summed E-state index contributed by atoms with van der Waals surface area (Å²) in [5.41, 5.74) is 3.65. The number of hydrogen-bond acceptors (Lipinski definition) is 6. The molecule has 1 N–H and O–H groups in total. The average Bonchev–Trinajstić information content (AvgIpc) is 3.14. The number of amides is 1. The first kappa shape index (κ1) is 22.5. The van der Waals surface area contributed by atoms with E-state index < -0.39 is 17.7 Å². The van der Waals surface area contributed by atoms with Crippen molar-refractivity contribution in [3.8, 4) is 5.75 Å². The number of anilines is 3. The smallest absolute Gasteiger partial charge is 0.300 e. The topological polar surface area (TPSA) is 73.3 Å². The molecule has 7 nitrogen and oxygen atoms in total. The van der Waals surface area contributed by atoms with Crippen LogP contribution < -0.4 is 19.4 Å². The number of carbonyl (C=O) groups is 2. The number of carbonyl (C=O) groups excluding carboxylic acids is 2. The number of Topliss-reactive ketones (excluding diaryl/α,β-unsaturated/α-hetero) is 1. The molecule has 1 saturated heterocycles. The molecule has 178 valence electrons. The van der Waals surface area contributed by atoms with Gasteiger partial charge in [0.05, 0.1) is 23.8 Å². The summed E-state index contributed by atoms with van der Waals surface area (Å²) in [6.07, 6.45) is 0. The van der Waals surface area contributed by atoms with Gasteiger partial charge in [0.15, 0.2) is 0 Å². The maximum atomic E-state index is 13.4. The summed E-state index contributed by atoms with van der Waals surface area (Å²) in [6, 6.07) is 21.3. The Morgan fingerprint density at radius 3 is 2.40 bits per heavy atom. The molecule has 5 rings (SSSR count). The molecule has 0 saturated carbocycles. The molecular weight excluding hydrogens is 442 g/mol. The number of likely N-dealkylation sites (N-methyl/N-ethyl adjacent to an activating group) is 1. The van der Waals surface area contributed by atoms with Crippen LogP contribution in [0.15, 0.2) is 78.4 Å². The van der Waals surface area contributed by atoms with Crippen LogP contribution in [0.3, 0.4) is 0 Å². The Morgan fingerprint density at radius 2 is 1.71 bits per heavy atom. The summed E-state index contributed by atoms with van der Waals surface area (Å²) in [5, 5.41) is 11.4. The van der Waals surface area contributed by atoms with Crippen molar-refractivity contribution in [2.75, 3.05) is 49.0 Å². The van der Waals surface area contributed by atoms with Gasteiger partial charge in [0.25, 0.3) is 11.7 Å². The van der Waals surface area contributed by atoms with Crippen molar-refractivity contribution < 1.29 is 19.4 Å². The van der Waals surface area contributed by atoms with Crippen molar-refractivity contribution in [1.82, 2.24) is 0 Å². The molecule has 2 heterocycles. The molecule has 35 heavy (non-hydrogen) atoms. The van der Waals surface area contributed by atoms with E-state index in [1.54, 1.807) is 18.2 Å². The molecule has 2 aliphatic heterocycles. The SMILES string of the molecule is CN(C)c1ccc(N2C(=O)C(=O)/C(=C(\O)c3ccc4c(c3)N(C)CCO4)C2c2ccccc2)cc1. The highest BCUT2D eigenvalue weighted by atomic mass is 16.5. The van der Waals surface area contributed by atoms with E-state index >= 15 is 0 Å². The second-order valence-electron chi connectivity index (χ2n) is 8.94. The minimum absolute atomic E-state index is 0.0669. The maximum Gasteiger partial charge on any atom is 0.300 e. The number of nitrogens with zero attached hydrogens (tertiary/aromatic N) is 3. The minimum atomic E-state index is -0.758. The lowest BCUT2D eigenvalue weighted by atomic mass is 9.95. The predicted molar refractivity (Wildman–Crippen MR) is 137 cm³/mol. The third kappa shape index (κ3) is 3.89. The molecule has 3 aromatic carbocycles. The first-order valence-electron chi connectivity index (χ1n) is 11.5. The Balaban J connectivity index is 1.66. The van der Waals surface area contributed by atoms with E-state index in [1.165, 1.54) is 4.90 Å². The summed E-state index contributed by atoms with van der Waals surface area (Å²) in [4.78, 5) is 32.2. The second-order valence-corrected chi connectivity index (χ2v) is 8.94. The lowest BCUT2D eigenvalue weighted by molar-refractivity contribution is -0.132. The Hall–Kier alpha value is -4.26. The van der Waals surface area contributed by atoms with Gasteiger partial charge in [-0.2, -0.15) is 0 Å². The summed E-state index contributed by atoms with van der Waals surface area (Å²) in [5.74, 6) is -0.866. The second kappa shape index (κ2) is 8.83. The Bertz CT molecular complexity index is 1320. The summed E-state index contributed by atoms with van der Waals surface area (Å²) < 4.78 is 5.71. The third-order valence-electron chi connectivity index (χ3n) is 6.53. The van der Waals surface area contributed by atoms with Crippen LogP contribution in [0.25, 0.3) is 5.76 Å². The average molecular weight is 470 g/mol. The van der Waals surface area contributed by atoms with E-state index in [2.05, 4.69) is 0 Å². The van der Waals surface area contributed by atoms with Crippen LogP contribution >= 0.6 is 0 Å². The van der Waals surface area contributed by atoms with Gasteiger partial charge in [0, 0.05) is 38.1 Å². The first-order chi connectivity index (χ1) is 16.9. The zero-order chi connectivity index (χ0) is 24.7. The predicted octanol–water partition coefficient (Wildman–Crippen LogP) is 4.21. The summed E-state index contributed by atoms with van der Waals surface area (Å²) in [6.45, 7) is 1.30. The highest BCUT2D eigenvalue weighted by molar-refractivity contribution is 6.51. The molecule has 1 amide bonds. The van der Waals surface area contributed by atoms with Gasteiger partial charge in [-0.1, -0.05) is 30.3 Å². The number of aliphatic hydroxyl groups is 1. The van der Waals surface area contributed by atoms with Crippen molar-refractivity contribution in [2.24, 2.45) is 0 Å². The van der Waals surface area contributed by atoms with E-state index in [0.717, 1.165) is 22.7 Å². The van der Waals surface area contributed by atoms with Crippen LogP contribution in [0.4, 0.5) is 17.1 Å². The molecule has 1 atom stereocenters. The zero-order valence-electron chi connectivity index (χ0n) is 19.9. The number of ketones is 1. The zero-order valence-corrected chi connectivity index (χ0v) is 19.9. The van der Waals surface area contributed by atoms with E-state index in [4.69, 9.17) is 4.74 Å². The molecule has 7 heteroatoms. The molecule has 0 spiro atoms. The van der Waals surface area contributed by atoms with Gasteiger partial charge in [0.2, 0.25) is 0 Å². The fourth-order valence-electron chi connectivity index (χ4n) is 4.61. The number of hydrogen-bond donors (Lipinski definition) is 1. The van der Waals surface area contributed by atoms with Crippen LogP contribution in [-0.2, 0) is 9.59 Å². The Labute approximate surface area is 204 Å². The monoisotopic (exact) mass is 469 g/mol. The van der Waals surface area contributed by atoms with Gasteiger partial charge in [0.1, 0.15) is 18.1 Å². The Kier molecular flexibility index (Phi) is 5.68. The summed E-state index contributed by atoms with van der Waals surface area (Å²) >= 11 is 0. The van der Waals surface area contributed by atoms with Gasteiger partial charge in [-0.3, -0.25) is 14.5 Å². The largest absolute Gasteiger partial charge is 0.507 e. The number of ether oxygens (including phenoxy) is 1. The fourth-order valence-corrected chi connectivity index (χ4v) is 4.61. The number of rotatable bonds is 4. The van der Waals surface area contributed by atoms with Crippen molar-refractivity contribution in [2.45, 2.75) is 6.04 Å². The van der Waals surface area contributed by atoms with E-state index in [-0.39, 0.29) is 11.3 Å². The molecule has 0 radical (unpaired) electrons. The molecule has 1 unspecified atom stereocenters. The fraction of sp³-hybridized carbons (Fsp3) is 0.214. The third-order valence-corrected chi connectivity index (χ3v) is 6.53. The molecule has 0 aromatic heterocycles. The van der Waals surface area contributed by atoms with Crippen LogP contribution in [0.1, 0.15) is 17.2 Å². The highest BCUT2D eigenvalue weighted by Crippen LogP contribution is 2.43. The van der Waals surface area contributed by atoms with Crippen molar-refractivity contribution >= 4 is 34.5 Å². The van der Waals surface area contributed by atoms with Gasteiger partial charge in [-0.05, 0) is 48.0 Å². The number of fused-ring (bicyclic) bond motifs is 1. The van der Waals surface area contributed by atoms with Gasteiger partial charge in [-0.25, -0.2) is 0 Å². The van der Waals surface area contributed by atoms with E-state index in [9.17, 15) is 14.7 Å². The van der Waals surface area contributed by atoms with Crippen molar-refractivity contribution in [1.29, 1.82) is 0 Å². The molecule has 0 bridgehead atoms. The van der Waals surface area contributed by atoms with Gasteiger partial charge < -0.3 is 19.6 Å². The maximum absolute atomic E-state index is 13.4. The van der Waals surface area contributed by atoms with Crippen LogP contribution in [0.2, 0.25) is 0 Å². The minimum Gasteiger partial charge on any atom is -0.507 e. The summed E-state index contributed by atoms with van der Waals surface area (Å²) in [7, 11) is 5.82. The van der Waals surface area contributed by atoms with Crippen LogP contribution in [0.5, 0.6) is 5.75 Å². The van der Waals surface area contributed by atoms with Gasteiger partial charge >= 0.3 is 0 Å². The van der Waals surface area contributed by atoms with Crippen molar-refractivity contribution in [3.05, 3.63) is 89.5 Å². The van der Waals surface area contributed by atoms with Crippen molar-refractivity contribution in [3.63, 3.8) is 0 Å². The molecule has 1 fully saturated rings. The Morgan fingerprint density at radius 1 is 1.00 bits per heavy atom.